The molecule has 5 heterocycles. The number of rotatable bonds is 10. The first-order chi connectivity index (χ1) is 22.4. The van der Waals surface area contributed by atoms with Crippen LogP contribution in [0.15, 0.2) is 24.3 Å². The highest BCUT2D eigenvalue weighted by Gasteiger charge is 2.50. The average Bonchev–Trinajstić information content (AvgIpc) is 3.66. The van der Waals surface area contributed by atoms with Gasteiger partial charge in [-0.05, 0) is 67.8 Å². The third-order valence-electron chi connectivity index (χ3n) is 10.0. The van der Waals surface area contributed by atoms with E-state index in [1.807, 2.05) is 4.90 Å². The van der Waals surface area contributed by atoms with Gasteiger partial charge in [-0.2, -0.15) is 15.0 Å². The van der Waals surface area contributed by atoms with E-state index in [-0.39, 0.29) is 43.0 Å². The zero-order valence-corrected chi connectivity index (χ0v) is 25.8. The molecule has 0 saturated carbocycles. The van der Waals surface area contributed by atoms with Gasteiger partial charge in [0, 0.05) is 43.9 Å². The molecule has 7 rings (SSSR count). The number of benzene rings is 2. The number of piperazine rings is 1. The van der Waals surface area contributed by atoms with Gasteiger partial charge in [0.25, 0.3) is 0 Å². The number of terminal acetylenes is 1. The third kappa shape index (κ3) is 6.43. The Kier molecular flexibility index (Phi) is 8.18. The van der Waals surface area contributed by atoms with Gasteiger partial charge in [-0.25, -0.2) is 8.78 Å². The van der Waals surface area contributed by atoms with Gasteiger partial charge in [0.15, 0.2) is 0 Å². The first-order valence-corrected chi connectivity index (χ1v) is 15.9. The van der Waals surface area contributed by atoms with Crippen LogP contribution in [-0.2, 0) is 17.6 Å². The van der Waals surface area contributed by atoms with Crippen molar-refractivity contribution in [3.63, 3.8) is 0 Å². The number of nitrogens with zero attached hydrogens (tertiary/aromatic N) is 5. The number of fused-ring (bicyclic) bond motifs is 4. The van der Waals surface area contributed by atoms with E-state index in [1.54, 1.807) is 12.1 Å². The molecule has 4 saturated heterocycles. The molecule has 4 fully saturated rings. The Morgan fingerprint density at radius 1 is 1.11 bits per heavy atom. The molecule has 1 aromatic heterocycles. The standard InChI is InChI=1S/C33H38F2N6O6/c1-2-25-26(35)6-4-20-12-24(42)13-21(28(20)25)5-7-27-36-29(40-16-23-8-10-31(17-40,39-23)18-47-33(43,44)45)38-30(37-27)46-19-32-9-3-11-41(32)15-22(34)14-32/h1,4,6,12-13,22-23,39,42-45H,3,5,7-11,14-19H2/t22?,23?,31-,32-/m0/s1. The Bertz CT molecular complexity index is 1720. The zero-order chi connectivity index (χ0) is 33.0. The van der Waals surface area contributed by atoms with E-state index >= 15 is 0 Å². The molecule has 14 heteroatoms. The molecule has 0 aliphatic carbocycles. The van der Waals surface area contributed by atoms with Crippen molar-refractivity contribution in [1.29, 1.82) is 0 Å². The summed E-state index contributed by atoms with van der Waals surface area (Å²) < 4.78 is 40.3. The number of aromatic hydroxyl groups is 1. The Hall–Kier alpha value is -3.71. The highest BCUT2D eigenvalue weighted by molar-refractivity contribution is 5.92. The number of phenolic OH excluding ortho intramolecular Hbond substituents is 1. The molecule has 0 spiro atoms. The van der Waals surface area contributed by atoms with Crippen LogP contribution in [0.3, 0.4) is 0 Å². The summed E-state index contributed by atoms with van der Waals surface area (Å²) in [7, 11) is 0. The molecule has 2 bridgehead atoms. The van der Waals surface area contributed by atoms with Crippen molar-refractivity contribution in [3.05, 3.63) is 47.0 Å². The molecular weight excluding hydrogens is 614 g/mol. The van der Waals surface area contributed by atoms with Crippen LogP contribution < -0.4 is 15.0 Å². The van der Waals surface area contributed by atoms with Gasteiger partial charge in [0.05, 0.1) is 23.2 Å². The zero-order valence-electron chi connectivity index (χ0n) is 25.8. The number of phenols is 1. The minimum absolute atomic E-state index is 0.0204. The lowest BCUT2D eigenvalue weighted by Crippen LogP contribution is -2.63. The lowest BCUT2D eigenvalue weighted by atomic mass is 9.95. The van der Waals surface area contributed by atoms with Crippen LogP contribution in [0.1, 0.15) is 49.1 Å². The Morgan fingerprint density at radius 3 is 2.77 bits per heavy atom. The molecule has 47 heavy (non-hydrogen) atoms. The van der Waals surface area contributed by atoms with Gasteiger partial charge < -0.3 is 40.1 Å². The summed E-state index contributed by atoms with van der Waals surface area (Å²) in [4.78, 5) is 18.2. The highest BCUT2D eigenvalue weighted by atomic mass is 19.1. The molecule has 2 unspecified atom stereocenters. The van der Waals surface area contributed by atoms with Crippen LogP contribution in [0, 0.1) is 18.2 Å². The lowest BCUT2D eigenvalue weighted by Gasteiger charge is -2.41. The van der Waals surface area contributed by atoms with Gasteiger partial charge >= 0.3 is 12.2 Å². The summed E-state index contributed by atoms with van der Waals surface area (Å²) in [5.74, 6) is 2.67. The number of aromatic nitrogens is 3. The van der Waals surface area contributed by atoms with Crippen molar-refractivity contribution in [1.82, 2.24) is 25.2 Å². The number of hydrogen-bond donors (Lipinski definition) is 5. The molecular formula is C33H38F2N6O6. The van der Waals surface area contributed by atoms with Gasteiger partial charge in [-0.15, -0.1) is 6.42 Å². The monoisotopic (exact) mass is 652 g/mol. The Morgan fingerprint density at radius 2 is 1.96 bits per heavy atom. The van der Waals surface area contributed by atoms with Crippen molar-refractivity contribution in [3.8, 4) is 24.1 Å². The topological polar surface area (TPSA) is 157 Å². The van der Waals surface area contributed by atoms with E-state index in [2.05, 4.69) is 26.1 Å². The quantitative estimate of drug-likeness (QED) is 0.159. The maximum atomic E-state index is 14.7. The fourth-order valence-electron chi connectivity index (χ4n) is 7.98. The fraction of sp³-hybridized carbons (Fsp3) is 0.545. The number of hydrogen-bond acceptors (Lipinski definition) is 12. The summed E-state index contributed by atoms with van der Waals surface area (Å²) in [6, 6.07) is 6.08. The number of ether oxygens (including phenoxy) is 2. The van der Waals surface area contributed by atoms with E-state index in [0.717, 1.165) is 25.8 Å². The first kappa shape index (κ1) is 31.9. The van der Waals surface area contributed by atoms with Crippen LogP contribution in [0.4, 0.5) is 14.7 Å². The smallest absolute Gasteiger partial charge is 0.405 e. The van der Waals surface area contributed by atoms with Crippen molar-refractivity contribution < 1.29 is 38.7 Å². The van der Waals surface area contributed by atoms with Crippen LogP contribution >= 0.6 is 0 Å². The molecule has 250 valence electrons. The normalized spacial score (nSPS) is 27.4. The summed E-state index contributed by atoms with van der Waals surface area (Å²) >= 11 is 0. The second-order valence-electron chi connectivity index (χ2n) is 13.4. The maximum absolute atomic E-state index is 14.7. The Labute approximate surface area is 270 Å². The molecule has 0 amide bonds. The van der Waals surface area contributed by atoms with E-state index in [1.165, 1.54) is 12.1 Å². The number of aryl methyl sites for hydroxylation is 2. The largest absolute Gasteiger partial charge is 0.508 e. The Balaban J connectivity index is 1.19. The summed E-state index contributed by atoms with van der Waals surface area (Å²) in [6.45, 7) is 2.15. The van der Waals surface area contributed by atoms with Gasteiger partial charge in [-0.3, -0.25) is 4.90 Å². The molecule has 4 aliphatic rings. The number of alkyl halides is 1. The van der Waals surface area contributed by atoms with Crippen molar-refractivity contribution in [2.75, 3.05) is 44.3 Å². The van der Waals surface area contributed by atoms with Gasteiger partial charge in [-0.1, -0.05) is 12.0 Å². The molecule has 4 atom stereocenters. The summed E-state index contributed by atoms with van der Waals surface area (Å²) in [6.07, 6.45) is 5.72. The molecule has 12 nitrogen and oxygen atoms in total. The van der Waals surface area contributed by atoms with Crippen LogP contribution in [0.25, 0.3) is 10.8 Å². The number of halogens is 2. The van der Waals surface area contributed by atoms with Crippen LogP contribution in [0.5, 0.6) is 11.8 Å². The predicted octanol–water partition coefficient (Wildman–Crippen LogP) is 1.51. The summed E-state index contributed by atoms with van der Waals surface area (Å²) in [5, 5.41) is 43.1. The SMILES string of the molecule is C#Cc1c(F)ccc2cc(O)cc(CCc3nc(OC[C@@]45CCCN4CC(F)C5)nc(N4CC5CC[C@@](COC(O)(O)O)(C4)N5)n3)c12. The summed E-state index contributed by atoms with van der Waals surface area (Å²) in [5.41, 5.74) is -0.365. The number of nitrogens with one attached hydrogen (secondary N) is 1. The first-order valence-electron chi connectivity index (χ1n) is 15.9. The van der Waals surface area contributed by atoms with Crippen LogP contribution in [0.2, 0.25) is 0 Å². The van der Waals surface area contributed by atoms with Crippen molar-refractivity contribution in [2.24, 2.45) is 0 Å². The molecule has 4 aliphatic heterocycles. The van der Waals surface area contributed by atoms with E-state index in [4.69, 9.17) is 20.9 Å². The second-order valence-corrected chi connectivity index (χ2v) is 13.4. The van der Waals surface area contributed by atoms with E-state index < -0.39 is 29.2 Å². The third-order valence-corrected chi connectivity index (χ3v) is 10.0. The molecule has 5 N–H and O–H groups in total. The van der Waals surface area contributed by atoms with E-state index in [9.17, 15) is 29.2 Å². The number of aliphatic hydroxyl groups is 3. The molecule has 3 aromatic rings. The average molecular weight is 653 g/mol. The van der Waals surface area contributed by atoms with Crippen LogP contribution in [-0.4, -0.2) is 109 Å². The fourth-order valence-corrected chi connectivity index (χ4v) is 7.98. The molecule has 0 radical (unpaired) electrons. The minimum atomic E-state index is -3.26. The maximum Gasteiger partial charge on any atom is 0.405 e. The van der Waals surface area contributed by atoms with Crippen molar-refractivity contribution >= 4 is 16.7 Å². The minimum Gasteiger partial charge on any atom is -0.508 e. The molecule has 2 aromatic carbocycles. The number of anilines is 1. The van der Waals surface area contributed by atoms with Crippen molar-refractivity contribution in [2.45, 2.75) is 74.4 Å². The predicted molar refractivity (Wildman–Crippen MR) is 166 cm³/mol. The second kappa shape index (κ2) is 12.1. The van der Waals surface area contributed by atoms with Gasteiger partial charge in [0.2, 0.25) is 5.95 Å². The van der Waals surface area contributed by atoms with E-state index in [0.29, 0.717) is 67.0 Å². The lowest BCUT2D eigenvalue weighted by molar-refractivity contribution is -0.457. The van der Waals surface area contributed by atoms with Gasteiger partial charge in [0.1, 0.15) is 30.2 Å². The highest BCUT2D eigenvalue weighted by Crippen LogP contribution is 2.40.